The Labute approximate surface area is 268 Å². The van der Waals surface area contributed by atoms with Crippen molar-refractivity contribution in [2.75, 3.05) is 44.8 Å². The molecule has 8 nitrogen and oxygen atoms in total. The number of hydrogen-bond acceptors (Lipinski definition) is 8. The van der Waals surface area contributed by atoms with Crippen LogP contribution >= 0.6 is 24.8 Å². The highest BCUT2D eigenvalue weighted by Crippen LogP contribution is 2.45. The first-order chi connectivity index (χ1) is 20.5. The number of nitrogens with zero attached hydrogens (tertiary/aromatic N) is 4. The molecule has 0 amide bonds. The number of anilines is 1. The number of benzene rings is 3. The fraction of sp³-hybridized carbons (Fsp3) is 0.455. The molecule has 1 aromatic heterocycles. The number of nitrogens with one attached hydrogen (secondary N) is 1. The third kappa shape index (κ3) is 5.07. The summed E-state index contributed by atoms with van der Waals surface area (Å²) >= 11 is 0. The number of hydrogen-bond donors (Lipinski definition) is 2. The van der Waals surface area contributed by atoms with E-state index in [1.807, 2.05) is 30.3 Å². The van der Waals surface area contributed by atoms with E-state index in [0.717, 1.165) is 62.6 Å². The summed E-state index contributed by atoms with van der Waals surface area (Å²) in [6.45, 7) is 4.30. The van der Waals surface area contributed by atoms with Gasteiger partial charge in [0.25, 0.3) is 0 Å². The minimum atomic E-state index is -0.506. The predicted molar refractivity (Wildman–Crippen MR) is 176 cm³/mol. The average molecular weight is 643 g/mol. The van der Waals surface area contributed by atoms with Crippen molar-refractivity contribution in [3.8, 4) is 28.6 Å². The largest absolute Gasteiger partial charge is 0.508 e. The van der Waals surface area contributed by atoms with E-state index in [0.29, 0.717) is 41.2 Å². The third-order valence-electron chi connectivity index (χ3n) is 9.99. The summed E-state index contributed by atoms with van der Waals surface area (Å²) in [5.74, 6) is 0.614. The zero-order chi connectivity index (χ0) is 28.4. The molecule has 4 aliphatic heterocycles. The van der Waals surface area contributed by atoms with Gasteiger partial charge in [0.1, 0.15) is 29.4 Å². The molecule has 2 atom stereocenters. The summed E-state index contributed by atoms with van der Waals surface area (Å²) in [7, 11) is 1.55. The summed E-state index contributed by atoms with van der Waals surface area (Å²) in [6, 6.07) is 13.8. The van der Waals surface area contributed by atoms with Gasteiger partial charge in [-0.15, -0.1) is 24.8 Å². The van der Waals surface area contributed by atoms with E-state index < -0.39 is 5.82 Å². The van der Waals surface area contributed by atoms with Gasteiger partial charge in [-0.25, -0.2) is 4.39 Å². The summed E-state index contributed by atoms with van der Waals surface area (Å²) in [5.41, 5.74) is 1.05. The molecule has 4 saturated heterocycles. The van der Waals surface area contributed by atoms with E-state index in [1.165, 1.54) is 12.8 Å². The number of fused-ring (bicyclic) bond motifs is 5. The fourth-order valence-electron chi connectivity index (χ4n) is 8.02. The van der Waals surface area contributed by atoms with Gasteiger partial charge in [-0.3, -0.25) is 4.90 Å². The molecule has 2 N–H and O–H groups in total. The van der Waals surface area contributed by atoms with Crippen LogP contribution in [0.25, 0.3) is 32.8 Å². The average Bonchev–Trinajstić information content (AvgIpc) is 3.69. The Balaban J connectivity index is 0.00000171. The number of aromatic nitrogens is 2. The standard InChI is InChI=1S/C33H36FN5O3.2ClH/c1-41-27-16-26-30(29(34)28(27)25-15-23(40)14-20-6-2-3-7-24(20)25)36-32(42-19-33-10-4-12-39(33)13-5-11-33)37-31(26)38-17-21-8-9-22(18-38)35-21;;/h2-3,6-7,14-16,21-22,35,40H,4-5,8-13,17-19H2,1H3;2*1H. The molecule has 4 aliphatic rings. The van der Waals surface area contributed by atoms with E-state index in [-0.39, 0.29) is 53.2 Å². The third-order valence-corrected chi connectivity index (χ3v) is 9.99. The van der Waals surface area contributed by atoms with Gasteiger partial charge in [0, 0.05) is 30.6 Å². The van der Waals surface area contributed by atoms with Crippen molar-refractivity contribution in [1.29, 1.82) is 0 Å². The number of rotatable bonds is 6. The first-order valence-corrected chi connectivity index (χ1v) is 15.2. The molecule has 5 heterocycles. The first-order valence-electron chi connectivity index (χ1n) is 15.2. The van der Waals surface area contributed by atoms with Crippen LogP contribution in [0.5, 0.6) is 17.5 Å². The molecular weight excluding hydrogens is 604 g/mol. The molecule has 0 saturated carbocycles. The molecule has 4 aromatic rings. The van der Waals surface area contributed by atoms with E-state index in [2.05, 4.69) is 15.1 Å². The van der Waals surface area contributed by atoms with Crippen molar-refractivity contribution < 1.29 is 19.0 Å². The van der Waals surface area contributed by atoms with Crippen molar-refractivity contribution in [1.82, 2.24) is 20.2 Å². The van der Waals surface area contributed by atoms with E-state index in [4.69, 9.17) is 19.4 Å². The number of phenolic OH excluding ortho intramolecular Hbond substituents is 1. The highest BCUT2D eigenvalue weighted by molar-refractivity contribution is 6.03. The maximum atomic E-state index is 17.0. The molecule has 2 unspecified atom stereocenters. The van der Waals surface area contributed by atoms with Crippen LogP contribution in [-0.2, 0) is 0 Å². The van der Waals surface area contributed by atoms with Gasteiger partial charge >= 0.3 is 6.01 Å². The second kappa shape index (κ2) is 12.0. The van der Waals surface area contributed by atoms with E-state index in [9.17, 15) is 5.11 Å². The number of aromatic hydroxyl groups is 1. The van der Waals surface area contributed by atoms with Gasteiger partial charge in [-0.05, 0) is 86.1 Å². The number of phenols is 1. The lowest BCUT2D eigenvalue weighted by molar-refractivity contribution is 0.108. The van der Waals surface area contributed by atoms with Crippen LogP contribution < -0.4 is 19.7 Å². The summed E-state index contributed by atoms with van der Waals surface area (Å²) in [5, 5.41) is 16.5. The van der Waals surface area contributed by atoms with Crippen LogP contribution in [0.15, 0.2) is 42.5 Å². The Morgan fingerprint density at radius 3 is 2.45 bits per heavy atom. The molecule has 0 spiro atoms. The second-order valence-electron chi connectivity index (χ2n) is 12.5. The minimum absolute atomic E-state index is 0. The Morgan fingerprint density at radius 1 is 1.00 bits per heavy atom. The highest BCUT2D eigenvalue weighted by atomic mass is 35.5. The molecule has 234 valence electrons. The lowest BCUT2D eigenvalue weighted by Gasteiger charge is -2.35. The predicted octanol–water partition coefficient (Wildman–Crippen LogP) is 6.09. The van der Waals surface area contributed by atoms with Gasteiger partial charge in [-0.2, -0.15) is 9.97 Å². The van der Waals surface area contributed by atoms with Crippen LogP contribution in [0, 0.1) is 5.82 Å². The normalized spacial score (nSPS) is 22.1. The molecule has 3 aromatic carbocycles. The Morgan fingerprint density at radius 2 is 1.73 bits per heavy atom. The smallest absolute Gasteiger partial charge is 0.319 e. The zero-order valence-corrected chi connectivity index (χ0v) is 26.4. The van der Waals surface area contributed by atoms with Crippen molar-refractivity contribution in [2.24, 2.45) is 0 Å². The van der Waals surface area contributed by atoms with E-state index in [1.54, 1.807) is 19.2 Å². The quantitative estimate of drug-likeness (QED) is 0.262. The van der Waals surface area contributed by atoms with E-state index >= 15 is 4.39 Å². The first kappa shape index (κ1) is 30.9. The maximum absolute atomic E-state index is 17.0. The Bertz CT molecular complexity index is 1690. The minimum Gasteiger partial charge on any atom is -0.508 e. The molecule has 11 heteroatoms. The Kier molecular flexibility index (Phi) is 8.43. The fourth-order valence-corrected chi connectivity index (χ4v) is 8.02. The lowest BCUT2D eigenvalue weighted by Crippen LogP contribution is -2.51. The molecule has 2 bridgehead atoms. The van der Waals surface area contributed by atoms with Crippen LogP contribution in [-0.4, -0.2) is 77.5 Å². The topological polar surface area (TPSA) is 83.0 Å². The van der Waals surface area contributed by atoms with Crippen LogP contribution in [0.4, 0.5) is 10.2 Å². The Hall–Kier alpha value is -3.11. The zero-order valence-electron chi connectivity index (χ0n) is 24.7. The summed E-state index contributed by atoms with van der Waals surface area (Å²) in [6.07, 6.45) is 6.80. The van der Waals surface area contributed by atoms with Crippen molar-refractivity contribution in [2.45, 2.75) is 56.1 Å². The van der Waals surface area contributed by atoms with Crippen molar-refractivity contribution >= 4 is 52.3 Å². The summed E-state index contributed by atoms with van der Waals surface area (Å²) in [4.78, 5) is 14.5. The number of methoxy groups -OCH3 is 1. The SMILES string of the molecule is COc1cc2c(N3CC4CCC(C3)N4)nc(OCC34CCCN3CCC4)nc2c(F)c1-c1cc(O)cc2ccccc12.Cl.Cl. The van der Waals surface area contributed by atoms with Crippen LogP contribution in [0.3, 0.4) is 0 Å². The molecule has 0 radical (unpaired) electrons. The van der Waals surface area contributed by atoms with Crippen molar-refractivity contribution in [3.05, 3.63) is 48.3 Å². The van der Waals surface area contributed by atoms with Crippen LogP contribution in [0.1, 0.15) is 38.5 Å². The van der Waals surface area contributed by atoms with Gasteiger partial charge < -0.3 is 24.8 Å². The van der Waals surface area contributed by atoms with Gasteiger partial charge in [0.05, 0.1) is 18.2 Å². The highest BCUT2D eigenvalue weighted by Gasteiger charge is 2.45. The van der Waals surface area contributed by atoms with Gasteiger partial charge in [0.15, 0.2) is 5.82 Å². The van der Waals surface area contributed by atoms with Gasteiger partial charge in [0.2, 0.25) is 0 Å². The lowest BCUT2D eigenvalue weighted by atomic mass is 9.95. The molecule has 4 fully saturated rings. The van der Waals surface area contributed by atoms with Crippen LogP contribution in [0.2, 0.25) is 0 Å². The number of piperazine rings is 1. The monoisotopic (exact) mass is 641 g/mol. The molecular formula is C33H38Cl2FN5O3. The second-order valence-corrected chi connectivity index (χ2v) is 12.5. The molecule has 44 heavy (non-hydrogen) atoms. The number of ether oxygens (including phenoxy) is 2. The van der Waals surface area contributed by atoms with Crippen molar-refractivity contribution in [3.63, 3.8) is 0 Å². The maximum Gasteiger partial charge on any atom is 0.319 e. The van der Waals surface area contributed by atoms with Gasteiger partial charge in [-0.1, -0.05) is 24.3 Å². The molecule has 8 rings (SSSR count). The number of halogens is 3. The summed E-state index contributed by atoms with van der Waals surface area (Å²) < 4.78 is 29.2. The molecule has 0 aliphatic carbocycles.